The molecule has 0 amide bonds. The van der Waals surface area contributed by atoms with Gasteiger partial charge < -0.3 is 14.6 Å². The van der Waals surface area contributed by atoms with Crippen LogP contribution in [0.25, 0.3) is 5.57 Å². The number of unbranched alkanes of at least 4 members (excludes halogenated alkanes) is 5. The molecule has 0 atom stereocenters. The highest BCUT2D eigenvalue weighted by Gasteiger charge is 2.06. The molecule has 1 heterocycles. The second-order valence-corrected chi connectivity index (χ2v) is 7.42. The van der Waals surface area contributed by atoms with Crippen molar-refractivity contribution in [2.45, 2.75) is 58.3 Å². The predicted octanol–water partition coefficient (Wildman–Crippen LogP) is 5.57. The van der Waals surface area contributed by atoms with Crippen molar-refractivity contribution in [3.05, 3.63) is 66.0 Å². The molecule has 5 nitrogen and oxygen atoms in total. The van der Waals surface area contributed by atoms with E-state index in [2.05, 4.69) is 29.3 Å². The molecule has 1 aromatic carbocycles. The van der Waals surface area contributed by atoms with Gasteiger partial charge in [-0.1, -0.05) is 30.7 Å². The van der Waals surface area contributed by atoms with Gasteiger partial charge in [0.1, 0.15) is 5.75 Å². The van der Waals surface area contributed by atoms with Gasteiger partial charge in [-0.2, -0.15) is 0 Å². The van der Waals surface area contributed by atoms with Crippen LogP contribution in [-0.2, 0) is 9.53 Å². The molecule has 1 N–H and O–H groups in total. The average Bonchev–Trinajstić information content (AvgIpc) is 2.80. The molecule has 0 aliphatic carbocycles. The number of aromatic nitrogens is 1. The number of rotatable bonds is 15. The third-order valence-electron chi connectivity index (χ3n) is 4.95. The molecule has 2 rings (SSSR count). The largest absolute Gasteiger partial charge is 0.494 e. The van der Waals surface area contributed by atoms with E-state index in [1.807, 2.05) is 31.3 Å². The Bertz CT molecular complexity index is 772. The van der Waals surface area contributed by atoms with Crippen LogP contribution < -0.4 is 4.74 Å². The van der Waals surface area contributed by atoms with E-state index in [1.54, 1.807) is 6.20 Å². The minimum Gasteiger partial charge on any atom is -0.494 e. The molecule has 0 saturated heterocycles. The number of carbonyl (C=O) groups is 1. The van der Waals surface area contributed by atoms with E-state index in [9.17, 15) is 4.79 Å². The number of carbonyl (C=O) groups excluding carboxylic acids is 1. The number of benzene rings is 1. The fourth-order valence-electron chi connectivity index (χ4n) is 3.31. The van der Waals surface area contributed by atoms with Gasteiger partial charge in [-0.15, -0.1) is 0 Å². The maximum atomic E-state index is 11.5. The Morgan fingerprint density at radius 3 is 2.52 bits per heavy atom. The summed E-state index contributed by atoms with van der Waals surface area (Å²) in [5.74, 6) is 0.744. The number of aliphatic hydroxyl groups excluding tert-OH is 1. The van der Waals surface area contributed by atoms with Gasteiger partial charge in [-0.3, -0.25) is 9.78 Å². The Morgan fingerprint density at radius 1 is 1.00 bits per heavy atom. The number of ether oxygens (including phenoxy) is 2. The molecular formula is C26H35NO4. The standard InChI is InChI=1S/C26H35NO4/c1-2-30-26(29)13-7-5-6-12-25(23-11-10-18-27-21-23)22-14-16-24(17-15-22)31-20-9-4-3-8-19-28/h10-12,14-18,21,28H,2-9,13,19-20H2,1H3/b25-12+. The minimum atomic E-state index is -0.122. The third-order valence-corrected chi connectivity index (χ3v) is 4.95. The van der Waals surface area contributed by atoms with Gasteiger partial charge in [0.25, 0.3) is 0 Å². The zero-order chi connectivity index (χ0) is 22.2. The Morgan fingerprint density at radius 2 is 1.81 bits per heavy atom. The van der Waals surface area contributed by atoms with Crippen LogP contribution in [0, 0.1) is 0 Å². The predicted molar refractivity (Wildman–Crippen MR) is 124 cm³/mol. The number of nitrogens with zero attached hydrogens (tertiary/aromatic N) is 1. The van der Waals surface area contributed by atoms with Gasteiger partial charge >= 0.3 is 5.97 Å². The van der Waals surface area contributed by atoms with E-state index in [0.717, 1.165) is 67.4 Å². The van der Waals surface area contributed by atoms with E-state index in [-0.39, 0.29) is 12.6 Å². The number of aliphatic hydroxyl groups is 1. The maximum absolute atomic E-state index is 11.5. The highest BCUT2D eigenvalue weighted by atomic mass is 16.5. The minimum absolute atomic E-state index is 0.122. The molecule has 31 heavy (non-hydrogen) atoms. The first-order valence-corrected chi connectivity index (χ1v) is 11.3. The summed E-state index contributed by atoms with van der Waals surface area (Å²) in [6, 6.07) is 12.2. The van der Waals surface area contributed by atoms with Gasteiger partial charge in [0.15, 0.2) is 0 Å². The lowest BCUT2D eigenvalue weighted by atomic mass is 9.97. The SMILES string of the molecule is CCOC(=O)CCCC/C=C(\c1ccc(OCCCCCCO)cc1)c1cccnc1. The van der Waals surface area contributed by atoms with Gasteiger partial charge in [-0.05, 0) is 74.8 Å². The van der Waals surface area contributed by atoms with Crippen molar-refractivity contribution in [1.29, 1.82) is 0 Å². The normalized spacial score (nSPS) is 11.4. The van der Waals surface area contributed by atoms with E-state index in [0.29, 0.717) is 19.6 Å². The maximum Gasteiger partial charge on any atom is 0.305 e. The fourth-order valence-corrected chi connectivity index (χ4v) is 3.31. The lowest BCUT2D eigenvalue weighted by molar-refractivity contribution is -0.143. The number of allylic oxidation sites excluding steroid dienone is 1. The van der Waals surface area contributed by atoms with E-state index in [4.69, 9.17) is 14.6 Å². The molecule has 0 fully saturated rings. The van der Waals surface area contributed by atoms with E-state index >= 15 is 0 Å². The van der Waals surface area contributed by atoms with Gasteiger partial charge in [0, 0.05) is 31.0 Å². The zero-order valence-corrected chi connectivity index (χ0v) is 18.6. The van der Waals surface area contributed by atoms with Crippen LogP contribution in [0.1, 0.15) is 69.4 Å². The van der Waals surface area contributed by atoms with Crippen molar-refractivity contribution in [2.24, 2.45) is 0 Å². The van der Waals surface area contributed by atoms with Crippen molar-refractivity contribution in [3.8, 4) is 5.75 Å². The van der Waals surface area contributed by atoms with E-state index < -0.39 is 0 Å². The Hall–Kier alpha value is -2.66. The molecule has 0 bridgehead atoms. The number of esters is 1. The van der Waals surface area contributed by atoms with Crippen LogP contribution in [0.2, 0.25) is 0 Å². The summed E-state index contributed by atoms with van der Waals surface area (Å²) in [7, 11) is 0. The molecule has 0 aliphatic rings. The first-order chi connectivity index (χ1) is 15.2. The summed E-state index contributed by atoms with van der Waals surface area (Å²) >= 11 is 0. The van der Waals surface area contributed by atoms with Gasteiger partial charge in [0.05, 0.1) is 13.2 Å². The molecule has 0 aliphatic heterocycles. The molecular weight excluding hydrogens is 390 g/mol. The Kier molecular flexibility index (Phi) is 12.1. The van der Waals surface area contributed by atoms with Crippen molar-refractivity contribution in [2.75, 3.05) is 19.8 Å². The second kappa shape index (κ2) is 15.2. The average molecular weight is 426 g/mol. The number of pyridine rings is 1. The van der Waals surface area contributed by atoms with Crippen molar-refractivity contribution >= 4 is 11.5 Å². The molecule has 168 valence electrons. The first-order valence-electron chi connectivity index (χ1n) is 11.3. The van der Waals surface area contributed by atoms with Crippen LogP contribution in [0.4, 0.5) is 0 Å². The van der Waals surface area contributed by atoms with Crippen LogP contribution in [0.5, 0.6) is 5.75 Å². The molecule has 1 aromatic heterocycles. The lowest BCUT2D eigenvalue weighted by Gasteiger charge is -2.11. The molecule has 0 saturated carbocycles. The molecule has 0 radical (unpaired) electrons. The smallest absolute Gasteiger partial charge is 0.305 e. The fraction of sp³-hybridized carbons (Fsp3) is 0.462. The molecule has 0 unspecified atom stereocenters. The topological polar surface area (TPSA) is 68.7 Å². The quantitative estimate of drug-likeness (QED) is 0.298. The van der Waals surface area contributed by atoms with Crippen molar-refractivity contribution < 1.29 is 19.4 Å². The Labute approximate surface area is 186 Å². The number of hydrogen-bond acceptors (Lipinski definition) is 5. The van der Waals surface area contributed by atoms with Crippen molar-refractivity contribution in [3.63, 3.8) is 0 Å². The summed E-state index contributed by atoms with van der Waals surface area (Å²) in [6.07, 6.45) is 12.9. The second-order valence-electron chi connectivity index (χ2n) is 7.42. The summed E-state index contributed by atoms with van der Waals surface area (Å²) in [5.41, 5.74) is 3.33. The summed E-state index contributed by atoms with van der Waals surface area (Å²) < 4.78 is 10.8. The van der Waals surface area contributed by atoms with Gasteiger partial charge in [0.2, 0.25) is 0 Å². The molecule has 2 aromatic rings. The highest BCUT2D eigenvalue weighted by molar-refractivity contribution is 5.79. The number of hydrogen-bond donors (Lipinski definition) is 1. The summed E-state index contributed by atoms with van der Waals surface area (Å²) in [6.45, 7) is 3.22. The first kappa shape index (κ1) is 24.6. The summed E-state index contributed by atoms with van der Waals surface area (Å²) in [5, 5.41) is 8.82. The van der Waals surface area contributed by atoms with Crippen LogP contribution in [-0.4, -0.2) is 35.9 Å². The van der Waals surface area contributed by atoms with Crippen LogP contribution in [0.3, 0.4) is 0 Å². The van der Waals surface area contributed by atoms with Crippen LogP contribution in [0.15, 0.2) is 54.9 Å². The highest BCUT2D eigenvalue weighted by Crippen LogP contribution is 2.26. The molecule has 0 spiro atoms. The Balaban J connectivity index is 1.93. The van der Waals surface area contributed by atoms with E-state index in [1.165, 1.54) is 0 Å². The molecule has 5 heteroatoms. The monoisotopic (exact) mass is 425 g/mol. The van der Waals surface area contributed by atoms with Gasteiger partial charge in [-0.25, -0.2) is 0 Å². The third kappa shape index (κ3) is 9.79. The summed E-state index contributed by atoms with van der Waals surface area (Å²) in [4.78, 5) is 15.8. The lowest BCUT2D eigenvalue weighted by Crippen LogP contribution is -2.02. The van der Waals surface area contributed by atoms with Crippen LogP contribution >= 0.6 is 0 Å². The van der Waals surface area contributed by atoms with Crippen molar-refractivity contribution in [1.82, 2.24) is 4.98 Å². The zero-order valence-electron chi connectivity index (χ0n) is 18.6.